The molecule has 2 aromatic rings. The van der Waals surface area contributed by atoms with E-state index in [-0.39, 0.29) is 22.9 Å². The molecule has 1 fully saturated rings. The molecular formula is C24H36FN5O3. The Balaban J connectivity index is 1.76. The number of ether oxygens (including phenoxy) is 3. The topological polar surface area (TPSA) is 80.8 Å². The maximum Gasteiger partial charge on any atom is 0.229 e. The number of halogens is 1. The van der Waals surface area contributed by atoms with Crippen molar-refractivity contribution in [3.05, 3.63) is 30.2 Å². The number of nitrogens with one attached hydrogen (secondary N) is 2. The molecule has 0 atom stereocenters. The summed E-state index contributed by atoms with van der Waals surface area (Å²) in [6, 6.07) is 5.49. The molecule has 0 amide bonds. The molecule has 1 aromatic heterocycles. The average molecular weight is 462 g/mol. The van der Waals surface area contributed by atoms with Crippen LogP contribution in [0.3, 0.4) is 0 Å². The van der Waals surface area contributed by atoms with Crippen molar-refractivity contribution in [1.29, 1.82) is 0 Å². The van der Waals surface area contributed by atoms with Gasteiger partial charge in [0, 0.05) is 36.0 Å². The van der Waals surface area contributed by atoms with Crippen LogP contribution in [0.2, 0.25) is 0 Å². The van der Waals surface area contributed by atoms with Crippen LogP contribution >= 0.6 is 0 Å². The highest BCUT2D eigenvalue weighted by atomic mass is 19.1. The van der Waals surface area contributed by atoms with Gasteiger partial charge in [-0.3, -0.25) is 4.90 Å². The fourth-order valence-electron chi connectivity index (χ4n) is 4.43. The molecule has 9 heteroatoms. The summed E-state index contributed by atoms with van der Waals surface area (Å²) in [6.45, 7) is 9.69. The van der Waals surface area contributed by atoms with Crippen molar-refractivity contribution in [2.75, 3.05) is 45.1 Å². The molecule has 0 radical (unpaired) electrons. The first-order valence-corrected chi connectivity index (χ1v) is 11.2. The Morgan fingerprint density at radius 2 is 1.79 bits per heavy atom. The maximum atomic E-state index is 14.6. The molecule has 0 saturated carbocycles. The largest absolute Gasteiger partial charge is 0.493 e. The highest BCUT2D eigenvalue weighted by Crippen LogP contribution is 2.38. The number of benzene rings is 1. The molecule has 1 aliphatic heterocycles. The lowest BCUT2D eigenvalue weighted by Gasteiger charge is -2.53. The normalized spacial score (nSPS) is 18.1. The Hall–Kier alpha value is -2.65. The van der Waals surface area contributed by atoms with E-state index < -0.39 is 5.82 Å². The number of hydrogen-bond donors (Lipinski definition) is 2. The van der Waals surface area contributed by atoms with Crippen molar-refractivity contribution in [3.8, 4) is 11.5 Å². The fraction of sp³-hybridized carbons (Fsp3) is 0.583. The van der Waals surface area contributed by atoms with Gasteiger partial charge in [-0.1, -0.05) is 0 Å². The third-order valence-electron chi connectivity index (χ3n) is 6.36. The van der Waals surface area contributed by atoms with Crippen molar-refractivity contribution in [3.63, 3.8) is 0 Å². The summed E-state index contributed by atoms with van der Waals surface area (Å²) in [5.41, 5.74) is 0.654. The highest BCUT2D eigenvalue weighted by Gasteiger charge is 2.43. The Morgan fingerprint density at radius 3 is 2.42 bits per heavy atom. The summed E-state index contributed by atoms with van der Waals surface area (Å²) in [5, 5.41) is 6.45. The number of nitrogens with zero attached hydrogens (tertiary/aromatic N) is 3. The zero-order chi connectivity index (χ0) is 24.2. The molecular weight excluding hydrogens is 425 g/mol. The molecule has 182 valence electrons. The third kappa shape index (κ3) is 6.03. The van der Waals surface area contributed by atoms with E-state index in [1.165, 1.54) is 6.20 Å². The minimum absolute atomic E-state index is 0.0215. The lowest BCUT2D eigenvalue weighted by molar-refractivity contribution is -0.00778. The van der Waals surface area contributed by atoms with E-state index in [0.717, 1.165) is 12.8 Å². The molecule has 2 heterocycles. The molecule has 0 unspecified atom stereocenters. The molecule has 1 aromatic carbocycles. The molecule has 2 N–H and O–H groups in total. The molecule has 1 aliphatic rings. The van der Waals surface area contributed by atoms with E-state index in [2.05, 4.69) is 60.2 Å². The van der Waals surface area contributed by atoms with Crippen LogP contribution in [0.15, 0.2) is 24.4 Å². The van der Waals surface area contributed by atoms with Crippen LogP contribution in [0.1, 0.15) is 40.5 Å². The molecule has 8 nitrogen and oxygen atoms in total. The number of piperidine rings is 1. The van der Waals surface area contributed by atoms with E-state index in [1.807, 2.05) is 6.07 Å². The summed E-state index contributed by atoms with van der Waals surface area (Å²) >= 11 is 0. The van der Waals surface area contributed by atoms with Gasteiger partial charge in [-0.05, 0) is 59.7 Å². The molecule has 0 bridgehead atoms. The lowest BCUT2D eigenvalue weighted by Crippen LogP contribution is -2.61. The minimum atomic E-state index is -0.478. The van der Waals surface area contributed by atoms with Crippen molar-refractivity contribution < 1.29 is 18.6 Å². The van der Waals surface area contributed by atoms with Crippen molar-refractivity contribution in [2.45, 2.75) is 57.7 Å². The van der Waals surface area contributed by atoms with Gasteiger partial charge in [-0.2, -0.15) is 4.98 Å². The van der Waals surface area contributed by atoms with Crippen molar-refractivity contribution in [2.24, 2.45) is 0 Å². The SMILES string of the molecule is COCCOc1cc(Nc2ncc(F)c(NC3CC(C)(C)N(C)C(C)(C)C3)n2)ccc1OC. The van der Waals surface area contributed by atoms with Gasteiger partial charge in [0.25, 0.3) is 0 Å². The second-order valence-electron chi connectivity index (χ2n) is 9.66. The number of hydrogen-bond acceptors (Lipinski definition) is 8. The first-order chi connectivity index (χ1) is 15.6. The molecule has 1 saturated heterocycles. The second-order valence-corrected chi connectivity index (χ2v) is 9.66. The van der Waals surface area contributed by atoms with Crippen LogP contribution in [0.5, 0.6) is 11.5 Å². The predicted molar refractivity (Wildman–Crippen MR) is 128 cm³/mol. The van der Waals surface area contributed by atoms with Gasteiger partial charge in [0.05, 0.1) is 19.9 Å². The summed E-state index contributed by atoms with van der Waals surface area (Å²) in [6.07, 6.45) is 2.93. The Labute approximate surface area is 195 Å². The summed E-state index contributed by atoms with van der Waals surface area (Å²) < 4.78 is 30.7. The fourth-order valence-corrected chi connectivity index (χ4v) is 4.43. The maximum absolute atomic E-state index is 14.6. The zero-order valence-corrected chi connectivity index (χ0v) is 20.7. The van der Waals surface area contributed by atoms with Crippen LogP contribution in [-0.4, -0.2) is 66.5 Å². The summed E-state index contributed by atoms with van der Waals surface area (Å²) in [7, 11) is 5.34. The molecule has 33 heavy (non-hydrogen) atoms. The highest BCUT2D eigenvalue weighted by molar-refractivity contribution is 5.60. The monoisotopic (exact) mass is 461 g/mol. The quantitative estimate of drug-likeness (QED) is 0.530. The minimum Gasteiger partial charge on any atom is -0.493 e. The van der Waals surface area contributed by atoms with Gasteiger partial charge in [0.1, 0.15) is 6.61 Å². The van der Waals surface area contributed by atoms with E-state index >= 15 is 0 Å². The first-order valence-electron chi connectivity index (χ1n) is 11.2. The smallest absolute Gasteiger partial charge is 0.229 e. The van der Waals surface area contributed by atoms with E-state index in [1.54, 1.807) is 26.4 Å². The van der Waals surface area contributed by atoms with Crippen LogP contribution in [-0.2, 0) is 4.74 Å². The second kappa shape index (κ2) is 10.1. The number of methoxy groups -OCH3 is 2. The van der Waals surface area contributed by atoms with E-state index in [4.69, 9.17) is 14.2 Å². The number of aromatic nitrogens is 2. The number of rotatable bonds is 9. The van der Waals surface area contributed by atoms with Crippen molar-refractivity contribution >= 4 is 17.5 Å². The Morgan fingerprint density at radius 1 is 1.09 bits per heavy atom. The molecule has 0 aliphatic carbocycles. The van der Waals surface area contributed by atoms with Gasteiger partial charge >= 0.3 is 0 Å². The van der Waals surface area contributed by atoms with Gasteiger partial charge in [-0.15, -0.1) is 0 Å². The Kier molecular flexibility index (Phi) is 7.64. The Bertz CT molecular complexity index is 936. The lowest BCUT2D eigenvalue weighted by atomic mass is 9.77. The van der Waals surface area contributed by atoms with Crippen LogP contribution in [0.25, 0.3) is 0 Å². The van der Waals surface area contributed by atoms with Crippen molar-refractivity contribution in [1.82, 2.24) is 14.9 Å². The number of likely N-dealkylation sites (tertiary alicyclic amines) is 1. The zero-order valence-electron chi connectivity index (χ0n) is 20.7. The van der Waals surface area contributed by atoms with Gasteiger partial charge in [0.2, 0.25) is 5.95 Å². The standard InChI is InChI=1S/C24H36FN5O3/c1-23(2)13-17(14-24(3,4)30(23)5)27-21-18(25)15-26-22(29-21)28-16-8-9-19(32-7)20(12-16)33-11-10-31-6/h8-9,12,15,17H,10-11,13-14H2,1-7H3,(H2,26,27,28,29). The van der Waals surface area contributed by atoms with Crippen LogP contribution in [0.4, 0.5) is 21.8 Å². The number of anilines is 3. The van der Waals surface area contributed by atoms with E-state index in [0.29, 0.717) is 36.3 Å². The average Bonchev–Trinajstić information content (AvgIpc) is 2.74. The van der Waals surface area contributed by atoms with Gasteiger partial charge in [0.15, 0.2) is 23.1 Å². The summed E-state index contributed by atoms with van der Waals surface area (Å²) in [5.74, 6) is 1.17. The molecule has 0 spiro atoms. The first kappa shape index (κ1) is 25.0. The molecule has 3 rings (SSSR count). The summed E-state index contributed by atoms with van der Waals surface area (Å²) in [4.78, 5) is 10.9. The van der Waals surface area contributed by atoms with Gasteiger partial charge < -0.3 is 24.8 Å². The van der Waals surface area contributed by atoms with Gasteiger partial charge in [-0.25, -0.2) is 9.37 Å². The van der Waals surface area contributed by atoms with Crippen LogP contribution < -0.4 is 20.1 Å². The van der Waals surface area contributed by atoms with E-state index in [9.17, 15) is 4.39 Å². The van der Waals surface area contributed by atoms with Crippen LogP contribution in [0, 0.1) is 5.82 Å². The predicted octanol–water partition coefficient (Wildman–Crippen LogP) is 4.46. The third-order valence-corrected chi connectivity index (χ3v) is 6.36.